The number of carbonyl (C=O) groups excluding carboxylic acids is 3. The Morgan fingerprint density at radius 2 is 0.438 bits per heavy atom. The number of rotatable bonds is 89. The summed E-state index contributed by atoms with van der Waals surface area (Å²) in [6, 6.07) is 0. The molecule has 18 heteroatoms. The number of aliphatic hydroxyl groups is 2. The summed E-state index contributed by atoms with van der Waals surface area (Å²) < 4.78 is 61.5. The second-order valence-electron chi connectivity index (χ2n) is 31.4. The highest BCUT2D eigenvalue weighted by Gasteiger charge is 2.29. The van der Waals surface area contributed by atoms with Gasteiger partial charge in [-0.05, 0) is 167 Å². The largest absolute Gasteiger partial charge is 0.472 e. The van der Waals surface area contributed by atoms with Crippen LogP contribution in [0.4, 0.5) is 0 Å². The molecular weight excluding hydrogens is 1560 g/mol. The standard InChI is InChI=1S/C103H172O16P2/c1-4-7-10-13-16-19-22-25-28-31-34-37-39-41-43-45-46-47-48-49-50-52-54-55-57-60-62-65-68-71-74-77-80-83-86-89-101(106)113-92-98(104)93-115-120(109,110)116-94-99(105)95-117-121(111,112)118-97-100(119-103(108)91-88-85-82-79-76-73-70-67-64-59-36-33-30-27-24-21-18-15-12-9-6-3)96-114-102(107)90-87-84-81-78-75-72-69-66-63-61-58-56-53-51-44-42-40-38-35-32-29-26-23-20-17-14-11-8-5-2/h7,9-10,12,16-21,25-30,34-38,41-44,46-47,59,67,70,76,79,98-100,104-105H,4-6,8,11,13-15,22-24,31-33,39-40,45,48-58,60-66,68-69,71-75,77-78,80-97H2,1-3H3,(H,109,110)(H,111,112)/b10-7-,12-9-,19-16-,20-17-,21-18-,28-25-,29-26-,30-27-,37-34-,38-35-,43-41-,44-42-,47-46-,59-36-,70-67-,79-76-. The van der Waals surface area contributed by atoms with Crippen LogP contribution in [0.25, 0.3) is 0 Å². The summed E-state index contributed by atoms with van der Waals surface area (Å²) in [4.78, 5) is 59.0. The molecule has 0 radical (unpaired) electrons. The molecule has 0 saturated heterocycles. The van der Waals surface area contributed by atoms with Crippen molar-refractivity contribution in [3.63, 3.8) is 0 Å². The lowest BCUT2D eigenvalue weighted by atomic mass is 10.0. The first kappa shape index (κ1) is 115. The molecule has 0 aliphatic heterocycles. The molecule has 0 aromatic carbocycles. The molecule has 0 heterocycles. The van der Waals surface area contributed by atoms with Gasteiger partial charge >= 0.3 is 33.6 Å². The molecule has 0 aliphatic rings. The zero-order valence-electron chi connectivity index (χ0n) is 76.1. The van der Waals surface area contributed by atoms with E-state index in [9.17, 15) is 43.5 Å². The minimum absolute atomic E-state index is 0.0442. The Balaban J connectivity index is 4.58. The van der Waals surface area contributed by atoms with Gasteiger partial charge in [0.1, 0.15) is 25.4 Å². The van der Waals surface area contributed by atoms with E-state index in [0.717, 1.165) is 154 Å². The van der Waals surface area contributed by atoms with Crippen molar-refractivity contribution in [3.8, 4) is 0 Å². The molecule has 4 N–H and O–H groups in total. The zero-order valence-corrected chi connectivity index (χ0v) is 77.9. The number of hydrogen-bond donors (Lipinski definition) is 4. The Morgan fingerprint density at radius 3 is 0.711 bits per heavy atom. The van der Waals surface area contributed by atoms with Gasteiger partial charge in [-0.1, -0.05) is 389 Å². The minimum Gasteiger partial charge on any atom is -0.463 e. The van der Waals surface area contributed by atoms with Crippen LogP contribution in [0.5, 0.6) is 0 Å². The third-order valence-corrected chi connectivity index (χ3v) is 21.7. The topological polar surface area (TPSA) is 231 Å². The molecule has 0 spiro atoms. The zero-order chi connectivity index (χ0) is 87.9. The van der Waals surface area contributed by atoms with Gasteiger partial charge in [-0.3, -0.25) is 32.5 Å². The summed E-state index contributed by atoms with van der Waals surface area (Å²) in [6.07, 6.45) is 125. The van der Waals surface area contributed by atoms with Crippen LogP contribution in [0.2, 0.25) is 0 Å². The average Bonchev–Trinajstić information content (AvgIpc) is 0.879. The van der Waals surface area contributed by atoms with Gasteiger partial charge in [0, 0.05) is 19.3 Å². The summed E-state index contributed by atoms with van der Waals surface area (Å²) in [5.41, 5.74) is 0. The van der Waals surface area contributed by atoms with Crippen LogP contribution in [-0.2, 0) is 55.8 Å². The highest BCUT2D eigenvalue weighted by atomic mass is 31.2. The number of hydrogen-bond acceptors (Lipinski definition) is 14. The molecule has 0 aliphatic carbocycles. The van der Waals surface area contributed by atoms with Gasteiger partial charge in [-0.15, -0.1) is 0 Å². The van der Waals surface area contributed by atoms with Crippen molar-refractivity contribution in [2.24, 2.45) is 0 Å². The van der Waals surface area contributed by atoms with Gasteiger partial charge < -0.3 is 34.2 Å². The molecule has 0 rings (SSSR count). The molecule has 0 fully saturated rings. The summed E-state index contributed by atoms with van der Waals surface area (Å²) in [7, 11) is -9.83. The molecule has 0 aromatic heterocycles. The number of carbonyl (C=O) groups is 3. The summed E-state index contributed by atoms with van der Waals surface area (Å²) >= 11 is 0. The monoisotopic (exact) mass is 1730 g/mol. The van der Waals surface area contributed by atoms with Crippen molar-refractivity contribution in [2.75, 3.05) is 39.6 Å². The molecule has 16 nitrogen and oxygen atoms in total. The third kappa shape index (κ3) is 94.9. The fourth-order valence-corrected chi connectivity index (χ4v) is 14.2. The lowest BCUT2D eigenvalue weighted by Crippen LogP contribution is -2.30. The van der Waals surface area contributed by atoms with Crippen LogP contribution in [0.1, 0.15) is 380 Å². The Morgan fingerprint density at radius 1 is 0.240 bits per heavy atom. The highest BCUT2D eigenvalue weighted by Crippen LogP contribution is 2.45. The van der Waals surface area contributed by atoms with Gasteiger partial charge in [0.25, 0.3) is 0 Å². The van der Waals surface area contributed by atoms with E-state index in [1.807, 2.05) is 0 Å². The van der Waals surface area contributed by atoms with Crippen LogP contribution < -0.4 is 0 Å². The van der Waals surface area contributed by atoms with E-state index in [1.165, 1.54) is 161 Å². The lowest BCUT2D eigenvalue weighted by molar-refractivity contribution is -0.161. The van der Waals surface area contributed by atoms with Crippen LogP contribution in [0.15, 0.2) is 194 Å². The molecule has 0 amide bonds. The smallest absolute Gasteiger partial charge is 0.463 e. The predicted octanol–water partition coefficient (Wildman–Crippen LogP) is 29.8. The maximum atomic E-state index is 13.1. The second kappa shape index (κ2) is 93.5. The Kier molecular flexibility index (Phi) is 89.2. The first-order chi connectivity index (χ1) is 59.2. The van der Waals surface area contributed by atoms with Crippen LogP contribution in [0.3, 0.4) is 0 Å². The normalized spacial score (nSPS) is 14.6. The summed E-state index contributed by atoms with van der Waals surface area (Å²) in [6.45, 7) is 2.41. The maximum absolute atomic E-state index is 13.1. The highest BCUT2D eigenvalue weighted by molar-refractivity contribution is 7.47. The summed E-state index contributed by atoms with van der Waals surface area (Å²) in [5, 5.41) is 20.8. The molecular formula is C103H172O16P2. The van der Waals surface area contributed by atoms with E-state index >= 15 is 0 Å². The molecule has 0 saturated carbocycles. The van der Waals surface area contributed by atoms with E-state index in [-0.39, 0.29) is 19.3 Å². The molecule has 0 aromatic rings. The summed E-state index contributed by atoms with van der Waals surface area (Å²) in [5.74, 6) is -1.62. The SMILES string of the molecule is CC/C=C\C/C=C\C/C=C\C/C=C\C/C=C\C/C=C\CCCCCCCCCCCCCCCCCCC(=O)OCC(O)COP(=O)(O)OCC(O)COP(=O)(O)OCC(COC(=O)CCCCCCCCCCCCCCC/C=C\C/C=C\C/C=C\C/C=C\CCCCC)OC(=O)CCCC/C=C\C/C=C\C/C=C\C/C=C\C/C=C\C/C=C\CC. The van der Waals surface area contributed by atoms with E-state index in [0.29, 0.717) is 25.7 Å². The van der Waals surface area contributed by atoms with Gasteiger partial charge in [-0.25, -0.2) is 9.13 Å². The van der Waals surface area contributed by atoms with Gasteiger partial charge in [-0.2, -0.15) is 0 Å². The first-order valence-corrected chi connectivity index (χ1v) is 50.7. The number of aliphatic hydroxyl groups excluding tert-OH is 2. The molecule has 121 heavy (non-hydrogen) atoms. The van der Waals surface area contributed by atoms with Gasteiger partial charge in [0.05, 0.1) is 26.4 Å². The number of phosphoric ester groups is 2. The number of esters is 3. The molecule has 5 atom stereocenters. The fraction of sp³-hybridized carbons (Fsp3) is 0.660. The predicted molar refractivity (Wildman–Crippen MR) is 509 cm³/mol. The maximum Gasteiger partial charge on any atom is 0.472 e. The minimum atomic E-state index is -4.96. The number of phosphoric acid groups is 2. The second-order valence-corrected chi connectivity index (χ2v) is 34.3. The Bertz CT molecular complexity index is 2980. The van der Waals surface area contributed by atoms with Crippen molar-refractivity contribution in [3.05, 3.63) is 194 Å². The number of allylic oxidation sites excluding steroid dienone is 32. The van der Waals surface area contributed by atoms with E-state index < -0.39 is 91.5 Å². The third-order valence-electron chi connectivity index (χ3n) is 19.8. The number of ether oxygens (including phenoxy) is 3. The Labute approximate surface area is 737 Å². The van der Waals surface area contributed by atoms with E-state index in [1.54, 1.807) is 0 Å². The fourth-order valence-electron chi connectivity index (χ4n) is 12.6. The van der Waals surface area contributed by atoms with Crippen molar-refractivity contribution in [1.29, 1.82) is 0 Å². The van der Waals surface area contributed by atoms with Crippen molar-refractivity contribution in [2.45, 2.75) is 399 Å². The molecule has 5 unspecified atom stereocenters. The van der Waals surface area contributed by atoms with Crippen molar-refractivity contribution >= 4 is 33.6 Å². The average molecular weight is 1730 g/mol. The van der Waals surface area contributed by atoms with Gasteiger partial charge in [0.15, 0.2) is 6.10 Å². The molecule has 690 valence electrons. The number of unbranched alkanes of at least 4 members (excludes halogenated alkanes) is 34. The van der Waals surface area contributed by atoms with Crippen LogP contribution in [0, 0.1) is 0 Å². The van der Waals surface area contributed by atoms with Crippen LogP contribution >= 0.6 is 15.6 Å². The molecule has 0 bridgehead atoms. The van der Waals surface area contributed by atoms with Crippen LogP contribution in [-0.4, -0.2) is 95.9 Å². The van der Waals surface area contributed by atoms with Crippen molar-refractivity contribution < 1.29 is 75.8 Å². The van der Waals surface area contributed by atoms with Gasteiger partial charge in [0.2, 0.25) is 0 Å². The first-order valence-electron chi connectivity index (χ1n) is 47.7. The quantitative estimate of drug-likeness (QED) is 0.0146. The Hall–Kier alpha value is -5.61. The van der Waals surface area contributed by atoms with Crippen molar-refractivity contribution in [1.82, 2.24) is 0 Å². The van der Waals surface area contributed by atoms with E-state index in [2.05, 4.69) is 215 Å². The van der Waals surface area contributed by atoms with E-state index in [4.69, 9.17) is 32.3 Å². The lowest BCUT2D eigenvalue weighted by Gasteiger charge is -2.21.